The third-order valence-electron chi connectivity index (χ3n) is 1.84. The highest BCUT2D eigenvalue weighted by Crippen LogP contribution is 2.01. The molecule has 8 nitrogen and oxygen atoms in total. The number of aliphatic carboxylic acids is 2. The zero-order valence-corrected chi connectivity index (χ0v) is 9.31. The fourth-order valence-corrected chi connectivity index (χ4v) is 1.43. The highest BCUT2D eigenvalue weighted by molar-refractivity contribution is 6.99. The minimum absolute atomic E-state index is 0.0107. The van der Waals surface area contributed by atoms with Crippen LogP contribution in [0.3, 0.4) is 0 Å². The molecule has 3 N–H and O–H groups in total. The second kappa shape index (κ2) is 5.89. The van der Waals surface area contributed by atoms with Crippen LogP contribution in [0.25, 0.3) is 0 Å². The monoisotopic (exact) mass is 259 g/mol. The molecule has 17 heavy (non-hydrogen) atoms. The van der Waals surface area contributed by atoms with Crippen LogP contribution < -0.4 is 5.32 Å². The van der Waals surface area contributed by atoms with Gasteiger partial charge in [-0.3, -0.25) is 9.59 Å². The molecule has 1 aromatic rings. The fourth-order valence-electron chi connectivity index (χ4n) is 1.02. The average Bonchev–Trinajstić information content (AvgIpc) is 2.76. The molecule has 0 radical (unpaired) electrons. The number of aromatic nitrogens is 2. The Labute approximate surface area is 99.6 Å². The van der Waals surface area contributed by atoms with Gasteiger partial charge in [-0.25, -0.2) is 4.79 Å². The van der Waals surface area contributed by atoms with E-state index in [2.05, 4.69) is 14.1 Å². The van der Waals surface area contributed by atoms with Crippen LogP contribution in [-0.2, 0) is 9.59 Å². The summed E-state index contributed by atoms with van der Waals surface area (Å²) >= 11 is 0.819. The molecule has 9 heteroatoms. The van der Waals surface area contributed by atoms with E-state index in [1.165, 1.54) is 6.20 Å². The molecule has 0 fully saturated rings. The molecule has 0 saturated carbocycles. The van der Waals surface area contributed by atoms with E-state index in [0.717, 1.165) is 11.7 Å². The maximum Gasteiger partial charge on any atom is 0.326 e. The first-order chi connectivity index (χ1) is 8.00. The summed E-state index contributed by atoms with van der Waals surface area (Å²) < 4.78 is 7.23. The van der Waals surface area contributed by atoms with Crippen molar-refractivity contribution in [2.75, 3.05) is 0 Å². The second-order valence-electron chi connectivity index (χ2n) is 3.09. The standard InChI is InChI=1S/C8H9N3O5S/c12-6(13)2-1-4(8(15)16)10-7(14)5-3-9-17-11-5/h3-4H,1-2H2,(H,10,14)(H,12,13)(H,15,16)/t4-/m0/s1. The number of nitrogens with zero attached hydrogens (tertiary/aromatic N) is 2. The van der Waals surface area contributed by atoms with Crippen LogP contribution in [0.2, 0.25) is 0 Å². The summed E-state index contributed by atoms with van der Waals surface area (Å²) in [6, 6.07) is -1.25. The van der Waals surface area contributed by atoms with Crippen LogP contribution in [0.5, 0.6) is 0 Å². The third kappa shape index (κ3) is 4.15. The van der Waals surface area contributed by atoms with Gasteiger partial charge in [0.15, 0.2) is 5.69 Å². The van der Waals surface area contributed by atoms with E-state index in [1.807, 2.05) is 0 Å². The molecular weight excluding hydrogens is 250 g/mol. The average molecular weight is 259 g/mol. The molecule has 0 saturated heterocycles. The number of carbonyl (C=O) groups excluding carboxylic acids is 1. The first kappa shape index (κ1) is 13.0. The van der Waals surface area contributed by atoms with Crippen molar-refractivity contribution >= 4 is 29.6 Å². The van der Waals surface area contributed by atoms with Gasteiger partial charge in [-0.2, -0.15) is 8.75 Å². The molecule has 1 rings (SSSR count). The minimum Gasteiger partial charge on any atom is -0.481 e. The van der Waals surface area contributed by atoms with Gasteiger partial charge in [0, 0.05) is 6.42 Å². The zero-order valence-electron chi connectivity index (χ0n) is 8.49. The number of carbonyl (C=O) groups is 3. The molecule has 1 heterocycles. The molecule has 0 aliphatic heterocycles. The topological polar surface area (TPSA) is 129 Å². The normalized spacial score (nSPS) is 11.8. The molecule has 0 aliphatic carbocycles. The lowest BCUT2D eigenvalue weighted by Crippen LogP contribution is -2.41. The van der Waals surface area contributed by atoms with Crippen molar-refractivity contribution in [3.63, 3.8) is 0 Å². The quantitative estimate of drug-likeness (QED) is 0.632. The molecule has 0 aliphatic rings. The van der Waals surface area contributed by atoms with E-state index in [4.69, 9.17) is 10.2 Å². The molecule has 0 spiro atoms. The second-order valence-corrected chi connectivity index (χ2v) is 3.65. The van der Waals surface area contributed by atoms with E-state index in [1.54, 1.807) is 0 Å². The fraction of sp³-hybridized carbons (Fsp3) is 0.375. The van der Waals surface area contributed by atoms with Gasteiger partial charge in [0.05, 0.1) is 17.9 Å². The zero-order chi connectivity index (χ0) is 12.8. The van der Waals surface area contributed by atoms with Gasteiger partial charge in [0.25, 0.3) is 5.91 Å². The molecular formula is C8H9N3O5S. The van der Waals surface area contributed by atoms with Gasteiger partial charge in [-0.1, -0.05) is 0 Å². The molecule has 1 aromatic heterocycles. The summed E-state index contributed by atoms with van der Waals surface area (Å²) in [5.74, 6) is -3.10. The van der Waals surface area contributed by atoms with E-state index < -0.39 is 23.9 Å². The summed E-state index contributed by atoms with van der Waals surface area (Å²) in [5.41, 5.74) is 0.0107. The first-order valence-corrected chi connectivity index (χ1v) is 5.26. The van der Waals surface area contributed by atoms with E-state index in [0.29, 0.717) is 0 Å². The maximum atomic E-state index is 11.4. The number of hydrogen-bond acceptors (Lipinski definition) is 6. The lowest BCUT2D eigenvalue weighted by Gasteiger charge is -2.11. The van der Waals surface area contributed by atoms with Crippen molar-refractivity contribution in [3.05, 3.63) is 11.9 Å². The molecule has 0 unspecified atom stereocenters. The Bertz CT molecular complexity index is 419. The van der Waals surface area contributed by atoms with Gasteiger partial charge >= 0.3 is 11.9 Å². The van der Waals surface area contributed by atoms with Gasteiger partial charge < -0.3 is 15.5 Å². The Morgan fingerprint density at radius 1 is 1.41 bits per heavy atom. The number of amides is 1. The van der Waals surface area contributed by atoms with Crippen LogP contribution in [0.15, 0.2) is 6.20 Å². The van der Waals surface area contributed by atoms with E-state index in [-0.39, 0.29) is 18.5 Å². The van der Waals surface area contributed by atoms with Crippen molar-refractivity contribution in [1.82, 2.24) is 14.1 Å². The highest BCUT2D eigenvalue weighted by atomic mass is 32.1. The number of carboxylic acids is 2. The largest absolute Gasteiger partial charge is 0.481 e. The van der Waals surface area contributed by atoms with Crippen LogP contribution in [0, 0.1) is 0 Å². The predicted molar refractivity (Wildman–Crippen MR) is 55.7 cm³/mol. The minimum atomic E-state index is -1.29. The lowest BCUT2D eigenvalue weighted by atomic mass is 10.1. The van der Waals surface area contributed by atoms with Crippen LogP contribution >= 0.6 is 11.7 Å². The Hall–Kier alpha value is -2.03. The Morgan fingerprint density at radius 2 is 2.12 bits per heavy atom. The smallest absolute Gasteiger partial charge is 0.326 e. The number of rotatable bonds is 6. The Balaban J connectivity index is 2.58. The number of carboxylic acid groups (broad SMARTS) is 2. The van der Waals surface area contributed by atoms with Crippen molar-refractivity contribution in [1.29, 1.82) is 0 Å². The van der Waals surface area contributed by atoms with Crippen molar-refractivity contribution in [2.24, 2.45) is 0 Å². The SMILES string of the molecule is O=C(O)CC[C@H](NC(=O)c1cnsn1)C(=O)O. The van der Waals surface area contributed by atoms with Gasteiger partial charge in [0.2, 0.25) is 0 Å². The van der Waals surface area contributed by atoms with Crippen molar-refractivity contribution in [3.8, 4) is 0 Å². The Morgan fingerprint density at radius 3 is 2.59 bits per heavy atom. The maximum absolute atomic E-state index is 11.4. The number of nitrogens with one attached hydrogen (secondary N) is 1. The lowest BCUT2D eigenvalue weighted by molar-refractivity contribution is -0.140. The molecule has 1 atom stereocenters. The summed E-state index contributed by atoms with van der Waals surface area (Å²) in [6.07, 6.45) is 0.677. The van der Waals surface area contributed by atoms with Crippen LogP contribution in [-0.4, -0.2) is 42.8 Å². The molecule has 0 aromatic carbocycles. The third-order valence-corrected chi connectivity index (χ3v) is 2.32. The summed E-state index contributed by atoms with van der Waals surface area (Å²) in [6.45, 7) is 0. The van der Waals surface area contributed by atoms with Gasteiger partial charge in [-0.15, -0.1) is 0 Å². The molecule has 92 valence electrons. The van der Waals surface area contributed by atoms with Crippen molar-refractivity contribution in [2.45, 2.75) is 18.9 Å². The molecule has 1 amide bonds. The van der Waals surface area contributed by atoms with Crippen LogP contribution in [0.4, 0.5) is 0 Å². The summed E-state index contributed by atoms with van der Waals surface area (Å²) in [4.78, 5) is 32.5. The predicted octanol–water partition coefficient (Wildman–Crippen LogP) is -0.414. The summed E-state index contributed by atoms with van der Waals surface area (Å²) in [7, 11) is 0. The first-order valence-electron chi connectivity index (χ1n) is 4.53. The van der Waals surface area contributed by atoms with E-state index >= 15 is 0 Å². The van der Waals surface area contributed by atoms with E-state index in [9.17, 15) is 14.4 Å². The highest BCUT2D eigenvalue weighted by Gasteiger charge is 2.22. The molecule has 0 bridgehead atoms. The van der Waals surface area contributed by atoms with Crippen LogP contribution in [0.1, 0.15) is 23.3 Å². The Kier molecular flexibility index (Phi) is 4.52. The van der Waals surface area contributed by atoms with Crippen molar-refractivity contribution < 1.29 is 24.6 Å². The summed E-state index contributed by atoms with van der Waals surface area (Å²) in [5, 5.41) is 19.4. The van der Waals surface area contributed by atoms with Gasteiger partial charge in [-0.05, 0) is 6.42 Å². The number of hydrogen-bond donors (Lipinski definition) is 3. The van der Waals surface area contributed by atoms with Gasteiger partial charge in [0.1, 0.15) is 6.04 Å².